The Kier molecular flexibility index (Phi) is 3.56. The van der Waals surface area contributed by atoms with Crippen molar-refractivity contribution >= 4 is 16.6 Å². The zero-order chi connectivity index (χ0) is 11.5. The van der Waals surface area contributed by atoms with E-state index in [0.29, 0.717) is 11.5 Å². The number of aromatic nitrogens is 1. The zero-order valence-electron chi connectivity index (χ0n) is 9.30. The molecule has 0 spiro atoms. The van der Waals surface area contributed by atoms with Gasteiger partial charge in [-0.15, -0.1) is 0 Å². The van der Waals surface area contributed by atoms with Crippen LogP contribution in [0.2, 0.25) is 0 Å². The molecule has 1 aliphatic rings. The van der Waals surface area contributed by atoms with Crippen LogP contribution in [-0.2, 0) is 10.8 Å². The fourth-order valence-corrected chi connectivity index (χ4v) is 2.79. The first-order valence-corrected chi connectivity index (χ1v) is 6.89. The Morgan fingerprint density at radius 3 is 2.81 bits per heavy atom. The van der Waals surface area contributed by atoms with E-state index >= 15 is 0 Å². The highest BCUT2D eigenvalue weighted by Crippen LogP contribution is 2.18. The zero-order valence-corrected chi connectivity index (χ0v) is 10.1. The maximum absolute atomic E-state index is 11.2. The third-order valence-electron chi connectivity index (χ3n) is 2.75. The van der Waals surface area contributed by atoms with Gasteiger partial charge >= 0.3 is 0 Å². The predicted octanol–water partition coefficient (Wildman–Crippen LogP) is 0.704. The molecule has 1 aromatic heterocycles. The Balaban J connectivity index is 2.14. The van der Waals surface area contributed by atoms with E-state index < -0.39 is 16.9 Å². The third-order valence-corrected chi connectivity index (χ3v) is 4.03. The van der Waals surface area contributed by atoms with Gasteiger partial charge in [0.1, 0.15) is 5.82 Å². The highest BCUT2D eigenvalue weighted by molar-refractivity contribution is 7.85. The summed E-state index contributed by atoms with van der Waals surface area (Å²) in [5, 5.41) is 9.49. The number of hydrogen-bond acceptors (Lipinski definition) is 4. The number of rotatable bonds is 2. The Morgan fingerprint density at radius 2 is 2.19 bits per heavy atom. The van der Waals surface area contributed by atoms with Gasteiger partial charge in [0.2, 0.25) is 0 Å². The second-order valence-electron chi connectivity index (χ2n) is 3.96. The van der Waals surface area contributed by atoms with E-state index in [-0.39, 0.29) is 0 Å². The topological polar surface area (TPSA) is 53.4 Å². The average Bonchev–Trinajstić information content (AvgIpc) is 2.30. The molecule has 4 nitrogen and oxygen atoms in total. The van der Waals surface area contributed by atoms with Crippen molar-refractivity contribution in [3.05, 3.63) is 23.9 Å². The van der Waals surface area contributed by atoms with Crippen molar-refractivity contribution < 1.29 is 9.32 Å². The van der Waals surface area contributed by atoms with Crippen molar-refractivity contribution in [3.8, 4) is 0 Å². The standard InChI is InChI=1S/C11H16N2O2S/c1-9(14)10-2-3-12-11(8-10)13-4-6-16(15)7-5-13/h2-3,8-9,14H,4-7H2,1H3/t9-/m1/s1. The van der Waals surface area contributed by atoms with Crippen molar-refractivity contribution in [1.29, 1.82) is 0 Å². The first-order valence-electron chi connectivity index (χ1n) is 5.41. The molecule has 2 rings (SSSR count). The van der Waals surface area contributed by atoms with Crippen molar-refractivity contribution in [1.82, 2.24) is 4.98 Å². The number of aliphatic hydroxyl groups is 1. The lowest BCUT2D eigenvalue weighted by atomic mass is 10.1. The molecule has 1 fully saturated rings. The molecule has 0 aromatic carbocycles. The minimum absolute atomic E-state index is 0.472. The Labute approximate surface area is 97.8 Å². The monoisotopic (exact) mass is 240 g/mol. The van der Waals surface area contributed by atoms with Crippen molar-refractivity contribution in [2.75, 3.05) is 29.5 Å². The summed E-state index contributed by atoms with van der Waals surface area (Å²) in [6.45, 7) is 3.30. The normalized spacial score (nSPS) is 19.8. The highest BCUT2D eigenvalue weighted by Gasteiger charge is 2.16. The van der Waals surface area contributed by atoms with E-state index in [1.165, 1.54) is 0 Å². The second kappa shape index (κ2) is 4.93. The van der Waals surface area contributed by atoms with Gasteiger partial charge in [0.25, 0.3) is 0 Å². The Hall–Kier alpha value is -0.940. The molecule has 2 heterocycles. The second-order valence-corrected chi connectivity index (χ2v) is 5.65. The molecule has 0 amide bonds. The average molecular weight is 240 g/mol. The predicted molar refractivity (Wildman–Crippen MR) is 65.0 cm³/mol. The molecule has 0 saturated carbocycles. The minimum Gasteiger partial charge on any atom is -0.389 e. The Morgan fingerprint density at radius 1 is 1.50 bits per heavy atom. The van der Waals surface area contributed by atoms with Crippen LogP contribution in [0.1, 0.15) is 18.6 Å². The van der Waals surface area contributed by atoms with Crippen LogP contribution in [0.4, 0.5) is 5.82 Å². The number of aliphatic hydroxyl groups excluding tert-OH is 1. The molecular weight excluding hydrogens is 224 g/mol. The van der Waals surface area contributed by atoms with Crippen LogP contribution in [0.5, 0.6) is 0 Å². The summed E-state index contributed by atoms with van der Waals surface area (Å²) in [7, 11) is -0.668. The summed E-state index contributed by atoms with van der Waals surface area (Å²) in [6.07, 6.45) is 1.24. The van der Waals surface area contributed by atoms with Crippen LogP contribution in [0, 0.1) is 0 Å². The maximum atomic E-state index is 11.2. The van der Waals surface area contributed by atoms with Gasteiger partial charge in [-0.1, -0.05) is 0 Å². The first-order chi connectivity index (χ1) is 7.66. The van der Waals surface area contributed by atoms with Gasteiger partial charge in [0.05, 0.1) is 6.10 Å². The van der Waals surface area contributed by atoms with Gasteiger partial charge in [-0.25, -0.2) is 4.98 Å². The fraction of sp³-hybridized carbons (Fsp3) is 0.545. The van der Waals surface area contributed by atoms with Crippen LogP contribution >= 0.6 is 0 Å². The summed E-state index contributed by atoms with van der Waals surface area (Å²) in [4.78, 5) is 6.40. The molecule has 16 heavy (non-hydrogen) atoms. The number of nitrogens with zero attached hydrogens (tertiary/aromatic N) is 2. The molecule has 88 valence electrons. The summed E-state index contributed by atoms with van der Waals surface area (Å²) in [6, 6.07) is 3.72. The molecule has 1 N–H and O–H groups in total. The number of pyridine rings is 1. The molecule has 1 aromatic rings. The van der Waals surface area contributed by atoms with E-state index in [9.17, 15) is 9.32 Å². The van der Waals surface area contributed by atoms with E-state index in [4.69, 9.17) is 0 Å². The van der Waals surface area contributed by atoms with Gasteiger partial charge < -0.3 is 10.0 Å². The molecule has 0 bridgehead atoms. The van der Waals surface area contributed by atoms with Crippen LogP contribution in [-0.4, -0.2) is 38.9 Å². The first kappa shape index (κ1) is 11.5. The molecule has 1 atom stereocenters. The van der Waals surface area contributed by atoms with E-state index in [0.717, 1.165) is 24.5 Å². The lowest BCUT2D eigenvalue weighted by Gasteiger charge is -2.27. The SMILES string of the molecule is C[C@@H](O)c1ccnc(N2CCS(=O)CC2)c1. The summed E-state index contributed by atoms with van der Waals surface area (Å²) < 4.78 is 11.2. The van der Waals surface area contributed by atoms with Crippen LogP contribution < -0.4 is 4.90 Å². The lowest BCUT2D eigenvalue weighted by Crippen LogP contribution is -2.38. The van der Waals surface area contributed by atoms with Crippen LogP contribution in [0.3, 0.4) is 0 Å². The van der Waals surface area contributed by atoms with Gasteiger partial charge in [-0.3, -0.25) is 4.21 Å². The summed E-state index contributed by atoms with van der Waals surface area (Å²) in [5.74, 6) is 2.29. The molecule has 1 saturated heterocycles. The number of hydrogen-bond donors (Lipinski definition) is 1. The fourth-order valence-electron chi connectivity index (χ4n) is 1.73. The largest absolute Gasteiger partial charge is 0.389 e. The van der Waals surface area contributed by atoms with Gasteiger partial charge in [-0.05, 0) is 24.6 Å². The van der Waals surface area contributed by atoms with E-state index in [2.05, 4.69) is 9.88 Å². The lowest BCUT2D eigenvalue weighted by molar-refractivity contribution is 0.199. The van der Waals surface area contributed by atoms with Crippen molar-refractivity contribution in [3.63, 3.8) is 0 Å². The minimum atomic E-state index is -0.668. The van der Waals surface area contributed by atoms with Crippen LogP contribution in [0.15, 0.2) is 18.3 Å². The molecule has 5 heteroatoms. The van der Waals surface area contributed by atoms with Crippen molar-refractivity contribution in [2.45, 2.75) is 13.0 Å². The van der Waals surface area contributed by atoms with Gasteiger partial charge in [0, 0.05) is 41.6 Å². The summed E-state index contributed by atoms with van der Waals surface area (Å²) >= 11 is 0. The van der Waals surface area contributed by atoms with Gasteiger partial charge in [-0.2, -0.15) is 0 Å². The van der Waals surface area contributed by atoms with Gasteiger partial charge in [0.15, 0.2) is 0 Å². The smallest absolute Gasteiger partial charge is 0.128 e. The maximum Gasteiger partial charge on any atom is 0.128 e. The molecular formula is C11H16N2O2S. The molecule has 1 aliphatic heterocycles. The molecule has 0 unspecified atom stereocenters. The van der Waals surface area contributed by atoms with Crippen LogP contribution in [0.25, 0.3) is 0 Å². The quantitative estimate of drug-likeness (QED) is 0.827. The number of anilines is 1. The third kappa shape index (κ3) is 2.59. The molecule has 0 aliphatic carbocycles. The highest BCUT2D eigenvalue weighted by atomic mass is 32.2. The van der Waals surface area contributed by atoms with E-state index in [1.54, 1.807) is 13.1 Å². The Bertz CT molecular complexity index is 385. The van der Waals surface area contributed by atoms with Crippen molar-refractivity contribution in [2.24, 2.45) is 0 Å². The molecule has 0 radical (unpaired) electrons. The van der Waals surface area contributed by atoms with E-state index in [1.807, 2.05) is 12.1 Å². The summed E-state index contributed by atoms with van der Waals surface area (Å²) in [5.41, 5.74) is 0.872.